The number of aliphatic hydroxyl groups excluding tert-OH is 1. The van der Waals surface area contributed by atoms with Crippen LogP contribution >= 0.6 is 0 Å². The Hall–Kier alpha value is -4.91. The standard InChI is InChI=1S/C47H54N4O7/c1-32-42(29-50-24-8-13-40(50)28-49-22-5-6-23-49)57-46(58-44(32)37-16-14-33(30-52)15-17-37)38-20-18-36(19-21-38)39-12-7-11-35(25-39)27-51-43(53)26-41(45(51)54)48-47(55)56-31-34-9-3-2-4-10-34/h2-4,7,9-12,14-21,25,32,40-42,44,46,52H,5-6,8,13,22-24,26-31H2,1H3,(H,48,55)/t32-,40+,41?,42+,44+,46+/m1/s1. The van der Waals surface area contributed by atoms with Crippen LogP contribution in [0.25, 0.3) is 11.1 Å². The van der Waals surface area contributed by atoms with E-state index in [4.69, 9.17) is 14.2 Å². The summed E-state index contributed by atoms with van der Waals surface area (Å²) >= 11 is 0. The molecule has 0 bridgehead atoms. The Labute approximate surface area is 340 Å². The predicted octanol–water partition coefficient (Wildman–Crippen LogP) is 6.75. The zero-order valence-electron chi connectivity index (χ0n) is 33.2. The van der Waals surface area contributed by atoms with Crippen molar-refractivity contribution in [2.24, 2.45) is 5.92 Å². The summed E-state index contributed by atoms with van der Waals surface area (Å²) < 4.78 is 18.9. The molecule has 4 heterocycles. The number of carbonyl (C=O) groups is 3. The molecule has 58 heavy (non-hydrogen) atoms. The van der Waals surface area contributed by atoms with Crippen LogP contribution < -0.4 is 5.32 Å². The number of rotatable bonds is 13. The molecule has 0 aliphatic carbocycles. The van der Waals surface area contributed by atoms with Gasteiger partial charge in [-0.05, 0) is 84.8 Å². The van der Waals surface area contributed by atoms with E-state index < -0.39 is 24.3 Å². The maximum absolute atomic E-state index is 13.2. The van der Waals surface area contributed by atoms with Gasteiger partial charge in [-0.1, -0.05) is 104 Å². The molecular weight excluding hydrogens is 733 g/mol. The predicted molar refractivity (Wildman–Crippen MR) is 219 cm³/mol. The highest BCUT2D eigenvalue weighted by Crippen LogP contribution is 2.43. The Bertz CT molecular complexity index is 2020. The van der Waals surface area contributed by atoms with Crippen LogP contribution in [0.2, 0.25) is 0 Å². The minimum Gasteiger partial charge on any atom is -0.445 e. The molecule has 0 spiro atoms. The molecule has 304 valence electrons. The van der Waals surface area contributed by atoms with Gasteiger partial charge in [0, 0.05) is 30.6 Å². The van der Waals surface area contributed by atoms with Crippen molar-refractivity contribution in [1.82, 2.24) is 20.0 Å². The summed E-state index contributed by atoms with van der Waals surface area (Å²) in [6, 6.07) is 32.9. The van der Waals surface area contributed by atoms with Gasteiger partial charge in [0.15, 0.2) is 6.29 Å². The van der Waals surface area contributed by atoms with Crippen molar-refractivity contribution < 1.29 is 33.7 Å². The van der Waals surface area contributed by atoms with Crippen molar-refractivity contribution in [3.8, 4) is 11.1 Å². The first-order chi connectivity index (χ1) is 28.3. The minimum atomic E-state index is -0.968. The molecule has 6 atom stereocenters. The van der Waals surface area contributed by atoms with E-state index in [0.717, 1.165) is 58.6 Å². The monoisotopic (exact) mass is 786 g/mol. The highest BCUT2D eigenvalue weighted by atomic mass is 16.7. The topological polar surface area (TPSA) is 121 Å². The van der Waals surface area contributed by atoms with Crippen LogP contribution in [0.3, 0.4) is 0 Å². The Morgan fingerprint density at radius 2 is 1.53 bits per heavy atom. The first-order valence-electron chi connectivity index (χ1n) is 20.8. The summed E-state index contributed by atoms with van der Waals surface area (Å²) in [5.41, 5.74) is 6.42. The molecule has 2 N–H and O–H groups in total. The van der Waals surface area contributed by atoms with Gasteiger partial charge in [-0.3, -0.25) is 19.4 Å². The highest BCUT2D eigenvalue weighted by molar-refractivity contribution is 6.06. The van der Waals surface area contributed by atoms with Gasteiger partial charge < -0.3 is 29.5 Å². The van der Waals surface area contributed by atoms with Crippen molar-refractivity contribution in [3.63, 3.8) is 0 Å². The van der Waals surface area contributed by atoms with E-state index in [-0.39, 0.29) is 50.2 Å². The lowest BCUT2D eigenvalue weighted by Gasteiger charge is -2.43. The van der Waals surface area contributed by atoms with Gasteiger partial charge in [-0.15, -0.1) is 0 Å². The zero-order chi connectivity index (χ0) is 40.0. The van der Waals surface area contributed by atoms with Crippen molar-refractivity contribution >= 4 is 17.9 Å². The molecule has 3 amide bonds. The van der Waals surface area contributed by atoms with Crippen LogP contribution in [0.15, 0.2) is 103 Å². The summed E-state index contributed by atoms with van der Waals surface area (Å²) in [5, 5.41) is 12.2. The molecule has 11 heteroatoms. The number of benzene rings is 4. The van der Waals surface area contributed by atoms with Crippen LogP contribution in [-0.4, -0.2) is 88.6 Å². The van der Waals surface area contributed by atoms with Gasteiger partial charge in [0.25, 0.3) is 5.91 Å². The molecule has 4 aromatic carbocycles. The van der Waals surface area contributed by atoms with E-state index in [9.17, 15) is 19.5 Å². The molecule has 4 saturated heterocycles. The molecule has 11 nitrogen and oxygen atoms in total. The van der Waals surface area contributed by atoms with E-state index in [1.54, 1.807) is 0 Å². The number of likely N-dealkylation sites (tertiary alicyclic amines) is 3. The number of hydrogen-bond acceptors (Lipinski definition) is 9. The number of hydrogen-bond donors (Lipinski definition) is 2. The molecule has 0 aromatic heterocycles. The third-order valence-corrected chi connectivity index (χ3v) is 12.2. The number of nitrogens with zero attached hydrogens (tertiary/aromatic N) is 3. The number of nitrogens with one attached hydrogen (secondary N) is 1. The second-order valence-corrected chi connectivity index (χ2v) is 16.2. The van der Waals surface area contributed by atoms with E-state index in [1.807, 2.05) is 66.7 Å². The zero-order valence-corrected chi connectivity index (χ0v) is 33.2. The van der Waals surface area contributed by atoms with Crippen LogP contribution in [0.5, 0.6) is 0 Å². The van der Waals surface area contributed by atoms with Crippen LogP contribution in [0, 0.1) is 5.92 Å². The lowest BCUT2D eigenvalue weighted by molar-refractivity contribution is -0.276. The molecule has 0 radical (unpaired) electrons. The van der Waals surface area contributed by atoms with E-state index in [1.165, 1.54) is 43.7 Å². The molecule has 4 aliphatic heterocycles. The summed E-state index contributed by atoms with van der Waals surface area (Å²) in [7, 11) is 0. The van der Waals surface area contributed by atoms with Crippen molar-refractivity contribution in [1.29, 1.82) is 0 Å². The normalized spacial score (nSPS) is 25.4. The van der Waals surface area contributed by atoms with Crippen molar-refractivity contribution in [2.75, 3.05) is 32.7 Å². The average Bonchev–Trinajstić information content (AvgIpc) is 4.00. The molecule has 4 aliphatic rings. The maximum Gasteiger partial charge on any atom is 0.408 e. The number of alkyl carbamates (subject to hydrolysis) is 1. The molecule has 4 aromatic rings. The maximum atomic E-state index is 13.2. The van der Waals surface area contributed by atoms with Gasteiger partial charge in [-0.25, -0.2) is 4.79 Å². The smallest absolute Gasteiger partial charge is 0.408 e. The molecule has 1 unspecified atom stereocenters. The number of amides is 3. The lowest BCUT2D eigenvalue weighted by Crippen LogP contribution is -2.48. The number of carbonyl (C=O) groups excluding carboxylic acids is 3. The first kappa shape index (κ1) is 39.9. The minimum absolute atomic E-state index is 0.00129. The Kier molecular flexibility index (Phi) is 12.6. The lowest BCUT2D eigenvalue weighted by atomic mass is 9.89. The molecule has 4 fully saturated rings. The fourth-order valence-electron chi connectivity index (χ4n) is 8.90. The Morgan fingerprint density at radius 3 is 2.29 bits per heavy atom. The van der Waals surface area contributed by atoms with Crippen LogP contribution in [-0.2, 0) is 43.6 Å². The first-order valence-corrected chi connectivity index (χ1v) is 20.8. The number of ether oxygens (including phenoxy) is 3. The Balaban J connectivity index is 0.933. The largest absolute Gasteiger partial charge is 0.445 e. The van der Waals surface area contributed by atoms with Crippen LogP contribution in [0.4, 0.5) is 4.79 Å². The summed E-state index contributed by atoms with van der Waals surface area (Å²) in [4.78, 5) is 45.1. The Morgan fingerprint density at radius 1 is 0.793 bits per heavy atom. The quantitative estimate of drug-likeness (QED) is 0.142. The molecular formula is C47H54N4O7. The van der Waals surface area contributed by atoms with E-state index in [0.29, 0.717) is 6.04 Å². The third-order valence-electron chi connectivity index (χ3n) is 12.2. The summed E-state index contributed by atoms with van der Waals surface area (Å²) in [6.07, 6.45) is 3.39. The second kappa shape index (κ2) is 18.3. The summed E-state index contributed by atoms with van der Waals surface area (Å²) in [6.45, 7) is 7.87. The van der Waals surface area contributed by atoms with E-state index >= 15 is 0 Å². The van der Waals surface area contributed by atoms with Gasteiger partial charge >= 0.3 is 6.09 Å². The fraction of sp³-hybridized carbons (Fsp3) is 0.426. The van der Waals surface area contributed by atoms with Crippen molar-refractivity contribution in [3.05, 3.63) is 131 Å². The highest BCUT2D eigenvalue weighted by Gasteiger charge is 2.42. The SMILES string of the molecule is C[C@@H]1[C@H](CN2CCC[C@H]2CN2CCCC2)O[C@H](c2ccc(-c3cccc(CN4C(=O)CC(NC(=O)OCc5ccccc5)C4=O)c3)cc2)O[C@@H]1c1ccc(CO)cc1. The average molecular weight is 787 g/mol. The van der Waals surface area contributed by atoms with Gasteiger partial charge in [0.05, 0.1) is 31.8 Å². The molecule has 8 rings (SSSR count). The van der Waals surface area contributed by atoms with Gasteiger partial charge in [0.1, 0.15) is 12.6 Å². The number of imide groups is 1. The third kappa shape index (κ3) is 9.35. The van der Waals surface area contributed by atoms with Gasteiger partial charge in [0.2, 0.25) is 5.91 Å². The van der Waals surface area contributed by atoms with E-state index in [2.05, 4.69) is 58.4 Å². The van der Waals surface area contributed by atoms with Crippen LogP contribution in [0.1, 0.15) is 79.2 Å². The summed E-state index contributed by atoms with van der Waals surface area (Å²) in [5.74, 6) is -0.686. The second-order valence-electron chi connectivity index (χ2n) is 16.2. The fourth-order valence-corrected chi connectivity index (χ4v) is 8.90. The van der Waals surface area contributed by atoms with Gasteiger partial charge in [-0.2, -0.15) is 0 Å². The van der Waals surface area contributed by atoms with Crippen molar-refractivity contribution in [2.45, 2.75) is 89.4 Å². The molecule has 0 saturated carbocycles. The number of aliphatic hydroxyl groups is 1.